The van der Waals surface area contributed by atoms with Crippen LogP contribution in [-0.2, 0) is 15.6 Å². The Morgan fingerprint density at radius 2 is 1.48 bits per heavy atom. The van der Waals surface area contributed by atoms with Gasteiger partial charge in [0.2, 0.25) is 0 Å². The van der Waals surface area contributed by atoms with Crippen LogP contribution in [-0.4, -0.2) is 14.3 Å². The van der Waals surface area contributed by atoms with Gasteiger partial charge in [-0.05, 0) is 42.0 Å². The normalized spacial score (nSPS) is 11.2. The quantitative estimate of drug-likeness (QED) is 0.714. The third-order valence-corrected chi connectivity index (χ3v) is 5.54. The van der Waals surface area contributed by atoms with Crippen LogP contribution in [0.25, 0.3) is 0 Å². The maximum absolute atomic E-state index is 13.7. The predicted octanol–water partition coefficient (Wildman–Crippen LogP) is 4.19. The van der Waals surface area contributed by atoms with Crippen molar-refractivity contribution < 1.29 is 22.0 Å². The molecule has 0 aliphatic carbocycles. The first kappa shape index (κ1) is 18.7. The summed E-state index contributed by atoms with van der Waals surface area (Å²) in [6.45, 7) is 0. The van der Waals surface area contributed by atoms with Crippen molar-refractivity contribution >= 4 is 21.4 Å². The van der Waals surface area contributed by atoms with E-state index in [0.717, 1.165) is 18.2 Å². The molecule has 0 heterocycles. The summed E-state index contributed by atoms with van der Waals surface area (Å²) >= 11 is 0. The number of carbonyl (C=O) groups excluding carboxylic acids is 1. The van der Waals surface area contributed by atoms with Gasteiger partial charge >= 0.3 is 0 Å². The average Bonchev–Trinajstić information content (AvgIpc) is 2.62. The number of sulfone groups is 1. The Bertz CT molecular complexity index is 1060. The third-order valence-electron chi connectivity index (χ3n) is 3.83. The first-order chi connectivity index (χ1) is 12.9. The van der Waals surface area contributed by atoms with Gasteiger partial charge in [-0.3, -0.25) is 4.79 Å². The minimum Gasteiger partial charge on any atom is -0.322 e. The van der Waals surface area contributed by atoms with E-state index in [9.17, 15) is 22.0 Å². The minimum atomic E-state index is -3.56. The number of amides is 1. The zero-order valence-corrected chi connectivity index (χ0v) is 14.8. The first-order valence-electron chi connectivity index (χ1n) is 7.99. The van der Waals surface area contributed by atoms with E-state index in [1.54, 1.807) is 30.3 Å². The van der Waals surface area contributed by atoms with E-state index in [2.05, 4.69) is 5.32 Å². The van der Waals surface area contributed by atoms with Crippen LogP contribution in [0.5, 0.6) is 0 Å². The lowest BCUT2D eigenvalue weighted by atomic mass is 10.1. The molecular weight excluding hydrogens is 372 g/mol. The molecule has 0 atom stereocenters. The second kappa shape index (κ2) is 7.67. The first-order valence-corrected chi connectivity index (χ1v) is 9.64. The molecule has 3 aromatic carbocycles. The fraction of sp³-hybridized carbons (Fsp3) is 0.0500. The molecule has 0 aliphatic heterocycles. The number of nitrogens with one attached hydrogen (secondary N) is 1. The van der Waals surface area contributed by atoms with Crippen molar-refractivity contribution in [1.29, 1.82) is 0 Å². The zero-order valence-electron chi connectivity index (χ0n) is 14.0. The number of carbonyl (C=O) groups is 1. The third kappa shape index (κ3) is 4.38. The molecule has 3 rings (SSSR count). The van der Waals surface area contributed by atoms with Crippen LogP contribution >= 0.6 is 0 Å². The van der Waals surface area contributed by atoms with Gasteiger partial charge in [0.25, 0.3) is 5.91 Å². The number of hydrogen-bond donors (Lipinski definition) is 1. The summed E-state index contributed by atoms with van der Waals surface area (Å²) in [4.78, 5) is 12.4. The molecule has 0 aliphatic rings. The van der Waals surface area contributed by atoms with Crippen LogP contribution in [0.3, 0.4) is 0 Å². The molecule has 138 valence electrons. The van der Waals surface area contributed by atoms with E-state index < -0.39 is 32.9 Å². The average molecular weight is 387 g/mol. The molecule has 4 nitrogen and oxygen atoms in total. The SMILES string of the molecule is O=C(Nc1cccc(CS(=O)(=O)c2ccccc2)c1)c1c(F)cccc1F. The smallest absolute Gasteiger partial charge is 0.261 e. The van der Waals surface area contributed by atoms with Crippen LogP contribution in [0, 0.1) is 11.6 Å². The summed E-state index contributed by atoms with van der Waals surface area (Å²) < 4.78 is 52.3. The molecule has 0 fully saturated rings. The number of anilines is 1. The van der Waals surface area contributed by atoms with Crippen molar-refractivity contribution in [2.24, 2.45) is 0 Å². The molecule has 0 saturated heterocycles. The maximum atomic E-state index is 13.7. The van der Waals surface area contributed by atoms with Gasteiger partial charge in [-0.2, -0.15) is 0 Å². The monoisotopic (exact) mass is 387 g/mol. The van der Waals surface area contributed by atoms with E-state index in [4.69, 9.17) is 0 Å². The maximum Gasteiger partial charge on any atom is 0.261 e. The van der Waals surface area contributed by atoms with E-state index >= 15 is 0 Å². The molecule has 1 amide bonds. The molecule has 27 heavy (non-hydrogen) atoms. The molecule has 0 unspecified atom stereocenters. The molecule has 0 aromatic heterocycles. The fourth-order valence-corrected chi connectivity index (χ4v) is 3.93. The van der Waals surface area contributed by atoms with Gasteiger partial charge in [0, 0.05) is 5.69 Å². The van der Waals surface area contributed by atoms with Gasteiger partial charge in [0.1, 0.15) is 17.2 Å². The van der Waals surface area contributed by atoms with Crippen LogP contribution in [0.4, 0.5) is 14.5 Å². The summed E-state index contributed by atoms with van der Waals surface area (Å²) in [5.74, 6) is -3.17. The standard InChI is InChI=1S/C20H15F2NO3S/c21-17-10-5-11-18(22)19(17)20(24)23-15-7-4-6-14(12-15)13-27(25,26)16-8-2-1-3-9-16/h1-12H,13H2,(H,23,24). The lowest BCUT2D eigenvalue weighted by molar-refractivity contribution is 0.101. The van der Waals surface area contributed by atoms with E-state index in [1.165, 1.54) is 24.3 Å². The Morgan fingerprint density at radius 3 is 2.15 bits per heavy atom. The highest BCUT2D eigenvalue weighted by Crippen LogP contribution is 2.20. The second-order valence-corrected chi connectivity index (χ2v) is 7.81. The molecular formula is C20H15F2NO3S. The molecule has 0 radical (unpaired) electrons. The molecule has 7 heteroatoms. The Balaban J connectivity index is 1.81. The Morgan fingerprint density at radius 1 is 0.852 bits per heavy atom. The van der Waals surface area contributed by atoms with Crippen LogP contribution in [0.1, 0.15) is 15.9 Å². The van der Waals surface area contributed by atoms with Crippen LogP contribution < -0.4 is 5.32 Å². The number of hydrogen-bond acceptors (Lipinski definition) is 3. The highest BCUT2D eigenvalue weighted by atomic mass is 32.2. The van der Waals surface area contributed by atoms with E-state index in [-0.39, 0.29) is 16.3 Å². The largest absolute Gasteiger partial charge is 0.322 e. The van der Waals surface area contributed by atoms with Gasteiger partial charge in [-0.1, -0.05) is 36.4 Å². The molecule has 0 bridgehead atoms. The Kier molecular flexibility index (Phi) is 5.32. The summed E-state index contributed by atoms with van der Waals surface area (Å²) in [7, 11) is -3.56. The molecule has 0 spiro atoms. The van der Waals surface area contributed by atoms with Crippen molar-refractivity contribution in [2.45, 2.75) is 10.6 Å². The Labute approximate surface area is 155 Å². The molecule has 3 aromatic rings. The summed E-state index contributed by atoms with van der Waals surface area (Å²) in [5.41, 5.74) is -0.0196. The lowest BCUT2D eigenvalue weighted by Crippen LogP contribution is -2.16. The van der Waals surface area contributed by atoms with Crippen molar-refractivity contribution in [1.82, 2.24) is 0 Å². The van der Waals surface area contributed by atoms with E-state index in [1.807, 2.05) is 0 Å². The number of halogens is 2. The predicted molar refractivity (Wildman–Crippen MR) is 98.1 cm³/mol. The molecule has 1 N–H and O–H groups in total. The minimum absolute atomic E-state index is 0.188. The second-order valence-electron chi connectivity index (χ2n) is 5.82. The van der Waals surface area contributed by atoms with Crippen molar-refractivity contribution in [2.75, 3.05) is 5.32 Å². The van der Waals surface area contributed by atoms with Crippen LogP contribution in [0.2, 0.25) is 0 Å². The summed E-state index contributed by atoms with van der Waals surface area (Å²) in [5, 5.41) is 2.39. The van der Waals surface area contributed by atoms with E-state index in [0.29, 0.717) is 5.56 Å². The fourth-order valence-electron chi connectivity index (χ4n) is 2.58. The molecule has 0 saturated carbocycles. The van der Waals surface area contributed by atoms with Crippen molar-refractivity contribution in [3.63, 3.8) is 0 Å². The number of rotatable bonds is 5. The van der Waals surface area contributed by atoms with Gasteiger partial charge in [0.15, 0.2) is 9.84 Å². The Hall–Kier alpha value is -3.06. The van der Waals surface area contributed by atoms with Crippen molar-refractivity contribution in [3.05, 3.63) is 95.6 Å². The van der Waals surface area contributed by atoms with Gasteiger partial charge in [-0.25, -0.2) is 17.2 Å². The lowest BCUT2D eigenvalue weighted by Gasteiger charge is -2.09. The van der Waals surface area contributed by atoms with Crippen LogP contribution in [0.15, 0.2) is 77.7 Å². The van der Waals surface area contributed by atoms with Crippen molar-refractivity contribution in [3.8, 4) is 0 Å². The highest BCUT2D eigenvalue weighted by molar-refractivity contribution is 7.90. The van der Waals surface area contributed by atoms with Gasteiger partial charge in [-0.15, -0.1) is 0 Å². The van der Waals surface area contributed by atoms with Gasteiger partial charge < -0.3 is 5.32 Å². The highest BCUT2D eigenvalue weighted by Gasteiger charge is 2.18. The topological polar surface area (TPSA) is 63.2 Å². The van der Waals surface area contributed by atoms with Gasteiger partial charge in [0.05, 0.1) is 10.6 Å². The summed E-state index contributed by atoms with van der Waals surface area (Å²) in [6, 6.07) is 17.2. The summed E-state index contributed by atoms with van der Waals surface area (Å²) in [6.07, 6.45) is 0. The number of benzene rings is 3. The zero-order chi connectivity index (χ0) is 19.4.